The van der Waals surface area contributed by atoms with E-state index in [9.17, 15) is 4.79 Å². The molecule has 1 N–H and O–H groups in total. The van der Waals surface area contributed by atoms with E-state index in [0.29, 0.717) is 6.54 Å². The predicted octanol–water partition coefficient (Wildman–Crippen LogP) is 2.15. The second kappa shape index (κ2) is 4.44. The van der Waals surface area contributed by atoms with Crippen molar-refractivity contribution < 1.29 is 9.90 Å². The van der Waals surface area contributed by atoms with Gasteiger partial charge in [0.1, 0.15) is 0 Å². The molecule has 0 spiro atoms. The van der Waals surface area contributed by atoms with Crippen LogP contribution >= 0.6 is 0 Å². The van der Waals surface area contributed by atoms with Crippen molar-refractivity contribution in [1.29, 1.82) is 0 Å². The average Bonchev–Trinajstić information content (AvgIpc) is 3.07. The van der Waals surface area contributed by atoms with Crippen LogP contribution in [0.3, 0.4) is 0 Å². The molecule has 1 fully saturated rings. The fourth-order valence-electron chi connectivity index (χ4n) is 2.59. The fraction of sp³-hybridized carbons (Fsp3) is 0.267. The van der Waals surface area contributed by atoms with Crippen molar-refractivity contribution in [3.05, 3.63) is 53.6 Å². The summed E-state index contributed by atoms with van der Waals surface area (Å²) in [5, 5.41) is 16.3. The van der Waals surface area contributed by atoms with E-state index in [4.69, 9.17) is 5.11 Å². The van der Waals surface area contributed by atoms with E-state index < -0.39 is 5.97 Å². The molecule has 1 saturated carbocycles. The van der Waals surface area contributed by atoms with Gasteiger partial charge >= 0.3 is 5.97 Å². The molecule has 106 valence electrons. The number of carbonyl (C=O) groups is 1. The Bertz CT molecular complexity index is 829. The van der Waals surface area contributed by atoms with Gasteiger partial charge in [-0.15, -0.1) is 5.10 Å². The van der Waals surface area contributed by atoms with E-state index >= 15 is 0 Å². The molecule has 0 atom stereocenters. The van der Waals surface area contributed by atoms with Gasteiger partial charge in [0.25, 0.3) is 0 Å². The van der Waals surface area contributed by atoms with E-state index in [0.717, 1.165) is 17.0 Å². The molecule has 0 radical (unpaired) electrons. The van der Waals surface area contributed by atoms with Crippen molar-refractivity contribution in [2.24, 2.45) is 0 Å². The summed E-state index contributed by atoms with van der Waals surface area (Å²) in [7, 11) is 0. The number of aromatic nitrogens is 4. The Morgan fingerprint density at radius 3 is 2.86 bits per heavy atom. The van der Waals surface area contributed by atoms with Gasteiger partial charge in [-0.05, 0) is 42.0 Å². The SMILES string of the molecule is O=C(O)c1cn(Cc2cc3ccc(C4CC4)cn3c2)nn1. The van der Waals surface area contributed by atoms with Gasteiger partial charge in [-0.3, -0.25) is 0 Å². The predicted molar refractivity (Wildman–Crippen MR) is 75.5 cm³/mol. The quantitative estimate of drug-likeness (QED) is 0.796. The third-order valence-electron chi connectivity index (χ3n) is 3.82. The minimum absolute atomic E-state index is 0.0326. The molecular formula is C15H14N4O2. The van der Waals surface area contributed by atoms with Crippen molar-refractivity contribution in [2.75, 3.05) is 0 Å². The van der Waals surface area contributed by atoms with Crippen LogP contribution in [0.5, 0.6) is 0 Å². The van der Waals surface area contributed by atoms with Gasteiger partial charge in [-0.1, -0.05) is 11.3 Å². The van der Waals surface area contributed by atoms with Crippen LogP contribution < -0.4 is 0 Å². The Kier molecular flexibility index (Phi) is 2.57. The van der Waals surface area contributed by atoms with Gasteiger partial charge < -0.3 is 9.51 Å². The number of nitrogens with zero attached hydrogens (tertiary/aromatic N) is 4. The molecule has 1 aliphatic carbocycles. The summed E-state index contributed by atoms with van der Waals surface area (Å²) < 4.78 is 3.66. The van der Waals surface area contributed by atoms with Gasteiger partial charge in [0.15, 0.2) is 5.69 Å². The largest absolute Gasteiger partial charge is 0.476 e. The second-order valence-corrected chi connectivity index (χ2v) is 5.52. The summed E-state index contributed by atoms with van der Waals surface area (Å²) in [6.45, 7) is 0.515. The van der Waals surface area contributed by atoms with Gasteiger partial charge in [0.2, 0.25) is 0 Å². The Hall–Kier alpha value is -2.63. The maximum Gasteiger partial charge on any atom is 0.358 e. The van der Waals surface area contributed by atoms with Crippen LogP contribution in [-0.4, -0.2) is 30.5 Å². The normalized spacial score (nSPS) is 14.7. The molecule has 3 aromatic heterocycles. The summed E-state index contributed by atoms with van der Waals surface area (Å²) in [5.41, 5.74) is 3.56. The first kappa shape index (κ1) is 12.1. The Labute approximate surface area is 120 Å². The topological polar surface area (TPSA) is 72.4 Å². The maximum absolute atomic E-state index is 10.8. The number of hydrogen-bond donors (Lipinski definition) is 1. The van der Waals surface area contributed by atoms with Crippen LogP contribution in [0.2, 0.25) is 0 Å². The first-order valence-corrected chi connectivity index (χ1v) is 6.93. The molecule has 0 unspecified atom stereocenters. The number of hydrogen-bond acceptors (Lipinski definition) is 3. The number of rotatable bonds is 4. The number of aromatic carboxylic acids is 1. The summed E-state index contributed by atoms with van der Waals surface area (Å²) in [5.74, 6) is -0.328. The van der Waals surface area contributed by atoms with Crippen molar-refractivity contribution >= 4 is 11.5 Å². The number of carboxylic acids is 1. The zero-order chi connectivity index (χ0) is 14.4. The van der Waals surface area contributed by atoms with E-state index in [1.165, 1.54) is 24.6 Å². The van der Waals surface area contributed by atoms with Gasteiger partial charge in [0.05, 0.1) is 12.7 Å². The lowest BCUT2D eigenvalue weighted by atomic mass is 10.2. The molecular weight excluding hydrogens is 268 g/mol. The molecule has 4 rings (SSSR count). The minimum Gasteiger partial charge on any atom is -0.476 e. The Morgan fingerprint density at radius 2 is 2.14 bits per heavy atom. The van der Waals surface area contributed by atoms with Crippen LogP contribution in [0.4, 0.5) is 0 Å². The summed E-state index contributed by atoms with van der Waals surface area (Å²) in [4.78, 5) is 10.8. The van der Waals surface area contributed by atoms with Crippen LogP contribution in [0, 0.1) is 0 Å². The van der Waals surface area contributed by atoms with Crippen LogP contribution in [-0.2, 0) is 6.54 Å². The van der Waals surface area contributed by atoms with Crippen molar-refractivity contribution in [1.82, 2.24) is 19.4 Å². The smallest absolute Gasteiger partial charge is 0.358 e. The highest BCUT2D eigenvalue weighted by Crippen LogP contribution is 2.40. The van der Waals surface area contributed by atoms with Crippen LogP contribution in [0.1, 0.15) is 40.4 Å². The molecule has 0 aliphatic heterocycles. The first-order valence-electron chi connectivity index (χ1n) is 6.93. The number of carboxylic acid groups (broad SMARTS) is 1. The standard InChI is InChI=1S/C15H14N4O2/c20-15(21)14-9-19(17-16-14)7-10-5-13-4-3-12(11-1-2-11)8-18(13)6-10/h3-6,8-9,11H,1-2,7H2,(H,20,21). The zero-order valence-corrected chi connectivity index (χ0v) is 11.3. The summed E-state index contributed by atoms with van der Waals surface area (Å²) >= 11 is 0. The Balaban J connectivity index is 1.61. The molecule has 21 heavy (non-hydrogen) atoms. The molecule has 0 amide bonds. The van der Waals surface area contributed by atoms with Crippen molar-refractivity contribution in [3.8, 4) is 0 Å². The minimum atomic E-state index is -1.06. The maximum atomic E-state index is 10.8. The van der Waals surface area contributed by atoms with E-state index in [2.05, 4.69) is 45.3 Å². The van der Waals surface area contributed by atoms with E-state index in [1.807, 2.05) is 0 Å². The molecule has 1 aliphatic rings. The van der Waals surface area contributed by atoms with Gasteiger partial charge in [0, 0.05) is 17.9 Å². The lowest BCUT2D eigenvalue weighted by Crippen LogP contribution is -1.99. The highest BCUT2D eigenvalue weighted by molar-refractivity contribution is 5.84. The monoisotopic (exact) mass is 282 g/mol. The molecule has 3 heterocycles. The number of pyridine rings is 1. The highest BCUT2D eigenvalue weighted by atomic mass is 16.4. The van der Waals surface area contributed by atoms with Gasteiger partial charge in [-0.25, -0.2) is 9.48 Å². The Morgan fingerprint density at radius 1 is 1.29 bits per heavy atom. The van der Waals surface area contributed by atoms with Crippen molar-refractivity contribution in [2.45, 2.75) is 25.3 Å². The van der Waals surface area contributed by atoms with Crippen molar-refractivity contribution in [3.63, 3.8) is 0 Å². The highest BCUT2D eigenvalue weighted by Gasteiger charge is 2.23. The fourth-order valence-corrected chi connectivity index (χ4v) is 2.59. The third kappa shape index (κ3) is 2.29. The van der Waals surface area contributed by atoms with E-state index in [-0.39, 0.29) is 5.69 Å². The molecule has 0 saturated heterocycles. The zero-order valence-electron chi connectivity index (χ0n) is 11.3. The lowest BCUT2D eigenvalue weighted by molar-refractivity contribution is 0.0690. The first-order chi connectivity index (χ1) is 10.2. The molecule has 6 nitrogen and oxygen atoms in total. The molecule has 6 heteroatoms. The van der Waals surface area contributed by atoms with E-state index in [1.54, 1.807) is 4.68 Å². The average molecular weight is 282 g/mol. The summed E-state index contributed by atoms with van der Waals surface area (Å²) in [6.07, 6.45) is 8.26. The summed E-state index contributed by atoms with van der Waals surface area (Å²) in [6, 6.07) is 6.40. The lowest BCUT2D eigenvalue weighted by Gasteiger charge is -1.99. The van der Waals surface area contributed by atoms with Crippen LogP contribution in [0.15, 0.2) is 36.8 Å². The number of fused-ring (bicyclic) bond motifs is 1. The third-order valence-corrected chi connectivity index (χ3v) is 3.82. The molecule has 3 aromatic rings. The molecule has 0 aromatic carbocycles. The second-order valence-electron chi connectivity index (χ2n) is 5.52. The van der Waals surface area contributed by atoms with Crippen LogP contribution in [0.25, 0.3) is 5.52 Å². The van der Waals surface area contributed by atoms with Gasteiger partial charge in [-0.2, -0.15) is 0 Å². The molecule has 0 bridgehead atoms.